The number of thiophene rings is 1. The van der Waals surface area contributed by atoms with Crippen molar-refractivity contribution in [3.8, 4) is 11.5 Å². The molecule has 0 fully saturated rings. The fraction of sp³-hybridized carbons (Fsp3) is 0.267. The van der Waals surface area contributed by atoms with Gasteiger partial charge < -0.3 is 14.8 Å². The summed E-state index contributed by atoms with van der Waals surface area (Å²) in [5.41, 5.74) is 1.08. The monoisotopic (exact) mass is 369 g/mol. The molecule has 2 rings (SSSR count). The molecule has 1 aromatic carbocycles. The first kappa shape index (κ1) is 15.9. The lowest BCUT2D eigenvalue weighted by Crippen LogP contribution is -2.24. The van der Waals surface area contributed by atoms with Gasteiger partial charge in [0, 0.05) is 16.4 Å². The van der Waals surface area contributed by atoms with Gasteiger partial charge in [-0.1, -0.05) is 6.07 Å². The number of methoxy groups -OCH3 is 2. The molecule has 1 amide bonds. The van der Waals surface area contributed by atoms with E-state index < -0.39 is 0 Å². The molecule has 0 aliphatic carbocycles. The Kier molecular flexibility index (Phi) is 5.64. The van der Waals surface area contributed by atoms with Crippen molar-refractivity contribution >= 4 is 33.2 Å². The predicted molar refractivity (Wildman–Crippen MR) is 87.6 cm³/mol. The highest BCUT2D eigenvalue weighted by Gasteiger charge is 2.08. The third-order valence-corrected chi connectivity index (χ3v) is 4.63. The number of amides is 1. The zero-order valence-electron chi connectivity index (χ0n) is 11.8. The standard InChI is InChI=1S/C15H16BrNO3S/c1-19-12-4-3-10(7-13(12)20-2)5-6-17-15(18)14-8-11(16)9-21-14/h3-4,7-9H,5-6H2,1-2H3,(H,17,18). The molecule has 0 unspecified atom stereocenters. The smallest absolute Gasteiger partial charge is 0.261 e. The van der Waals surface area contributed by atoms with E-state index >= 15 is 0 Å². The molecule has 112 valence electrons. The van der Waals surface area contributed by atoms with Crippen molar-refractivity contribution in [2.75, 3.05) is 20.8 Å². The third kappa shape index (κ3) is 4.22. The molecule has 0 saturated carbocycles. The summed E-state index contributed by atoms with van der Waals surface area (Å²) in [7, 11) is 3.22. The molecule has 1 N–H and O–H groups in total. The Labute approximate surface area is 136 Å². The van der Waals surface area contributed by atoms with E-state index in [9.17, 15) is 4.79 Å². The van der Waals surface area contributed by atoms with Crippen LogP contribution < -0.4 is 14.8 Å². The zero-order chi connectivity index (χ0) is 15.2. The van der Waals surface area contributed by atoms with E-state index in [0.29, 0.717) is 22.9 Å². The van der Waals surface area contributed by atoms with E-state index in [1.165, 1.54) is 11.3 Å². The molecule has 1 aromatic heterocycles. The second-order valence-corrected chi connectivity index (χ2v) is 6.15. The highest BCUT2D eigenvalue weighted by molar-refractivity contribution is 9.10. The van der Waals surface area contributed by atoms with Crippen LogP contribution in [0.25, 0.3) is 0 Å². The molecule has 0 aliphatic rings. The molecule has 0 bridgehead atoms. The second-order valence-electron chi connectivity index (χ2n) is 4.32. The van der Waals surface area contributed by atoms with Gasteiger partial charge in [0.1, 0.15) is 0 Å². The maximum Gasteiger partial charge on any atom is 0.261 e. The fourth-order valence-electron chi connectivity index (χ4n) is 1.88. The predicted octanol–water partition coefficient (Wildman–Crippen LogP) is 3.50. The average Bonchev–Trinajstić information content (AvgIpc) is 2.93. The zero-order valence-corrected chi connectivity index (χ0v) is 14.2. The van der Waals surface area contributed by atoms with E-state index in [4.69, 9.17) is 9.47 Å². The van der Waals surface area contributed by atoms with Gasteiger partial charge >= 0.3 is 0 Å². The van der Waals surface area contributed by atoms with E-state index in [-0.39, 0.29) is 5.91 Å². The molecule has 0 spiro atoms. The molecule has 0 saturated heterocycles. The van der Waals surface area contributed by atoms with Crippen molar-refractivity contribution in [1.82, 2.24) is 5.32 Å². The van der Waals surface area contributed by atoms with E-state index in [1.807, 2.05) is 29.6 Å². The molecule has 0 atom stereocenters. The normalized spacial score (nSPS) is 10.2. The number of hydrogen-bond acceptors (Lipinski definition) is 4. The van der Waals surface area contributed by atoms with Crippen molar-refractivity contribution in [2.24, 2.45) is 0 Å². The molecule has 2 aromatic rings. The Morgan fingerprint density at radius 2 is 2.00 bits per heavy atom. The lowest BCUT2D eigenvalue weighted by atomic mass is 10.1. The van der Waals surface area contributed by atoms with Gasteiger partial charge in [-0.25, -0.2) is 0 Å². The van der Waals surface area contributed by atoms with Gasteiger partial charge in [0.15, 0.2) is 11.5 Å². The van der Waals surface area contributed by atoms with Crippen molar-refractivity contribution in [3.63, 3.8) is 0 Å². The summed E-state index contributed by atoms with van der Waals surface area (Å²) in [6.07, 6.45) is 0.735. The minimum atomic E-state index is -0.0498. The van der Waals surface area contributed by atoms with Crippen molar-refractivity contribution in [2.45, 2.75) is 6.42 Å². The lowest BCUT2D eigenvalue weighted by molar-refractivity contribution is 0.0958. The van der Waals surface area contributed by atoms with Crippen molar-refractivity contribution in [3.05, 3.63) is 44.6 Å². The molecule has 1 heterocycles. The van der Waals surface area contributed by atoms with Gasteiger partial charge in [0.05, 0.1) is 19.1 Å². The number of rotatable bonds is 6. The number of halogens is 1. The first-order valence-electron chi connectivity index (χ1n) is 6.37. The molecular weight excluding hydrogens is 354 g/mol. The lowest BCUT2D eigenvalue weighted by Gasteiger charge is -2.10. The Morgan fingerprint density at radius 3 is 2.62 bits per heavy atom. The number of carbonyl (C=O) groups is 1. The summed E-state index contributed by atoms with van der Waals surface area (Å²) in [4.78, 5) is 12.6. The van der Waals surface area contributed by atoms with Crippen LogP contribution in [0.15, 0.2) is 34.1 Å². The van der Waals surface area contributed by atoms with E-state index in [1.54, 1.807) is 14.2 Å². The number of benzene rings is 1. The Hall–Kier alpha value is -1.53. The third-order valence-electron chi connectivity index (χ3n) is 2.94. The summed E-state index contributed by atoms with van der Waals surface area (Å²) in [6.45, 7) is 0.573. The topological polar surface area (TPSA) is 47.6 Å². The number of carbonyl (C=O) groups excluding carboxylic acids is 1. The second kappa shape index (κ2) is 7.47. The number of hydrogen-bond donors (Lipinski definition) is 1. The fourth-order valence-corrected chi connectivity index (χ4v) is 3.22. The maximum absolute atomic E-state index is 11.9. The van der Waals surface area contributed by atoms with Crippen LogP contribution in [0.3, 0.4) is 0 Å². The Balaban J connectivity index is 1.90. The number of nitrogens with one attached hydrogen (secondary N) is 1. The molecule has 4 nitrogen and oxygen atoms in total. The van der Waals surface area contributed by atoms with Crippen LogP contribution in [0.5, 0.6) is 11.5 Å². The van der Waals surface area contributed by atoms with Crippen molar-refractivity contribution < 1.29 is 14.3 Å². The Bertz CT molecular complexity index is 627. The summed E-state index contributed by atoms with van der Waals surface area (Å²) >= 11 is 4.76. The number of ether oxygens (including phenoxy) is 2. The minimum Gasteiger partial charge on any atom is -0.493 e. The first-order valence-corrected chi connectivity index (χ1v) is 8.04. The van der Waals surface area contributed by atoms with Gasteiger partial charge in [-0.05, 0) is 46.1 Å². The van der Waals surface area contributed by atoms with E-state index in [0.717, 1.165) is 16.5 Å². The molecule has 0 radical (unpaired) electrons. The molecule has 0 aliphatic heterocycles. The maximum atomic E-state index is 11.9. The highest BCUT2D eigenvalue weighted by Crippen LogP contribution is 2.27. The van der Waals surface area contributed by atoms with Crippen LogP contribution in [0, 0.1) is 0 Å². The molecular formula is C15H16BrNO3S. The largest absolute Gasteiger partial charge is 0.493 e. The van der Waals surface area contributed by atoms with Gasteiger partial charge in [0.2, 0.25) is 0 Å². The van der Waals surface area contributed by atoms with E-state index in [2.05, 4.69) is 21.2 Å². The summed E-state index contributed by atoms with van der Waals surface area (Å²) in [5.74, 6) is 1.35. The van der Waals surface area contributed by atoms with Crippen molar-refractivity contribution in [1.29, 1.82) is 0 Å². The summed E-state index contributed by atoms with van der Waals surface area (Å²) < 4.78 is 11.4. The van der Waals surface area contributed by atoms with Crippen LogP contribution in [0.1, 0.15) is 15.2 Å². The average molecular weight is 370 g/mol. The van der Waals surface area contributed by atoms with Crippen LogP contribution in [-0.2, 0) is 6.42 Å². The van der Waals surface area contributed by atoms with Gasteiger partial charge in [0.25, 0.3) is 5.91 Å². The van der Waals surface area contributed by atoms with Gasteiger partial charge in [-0.15, -0.1) is 11.3 Å². The quantitative estimate of drug-likeness (QED) is 0.847. The minimum absolute atomic E-state index is 0.0498. The van der Waals surface area contributed by atoms with Gasteiger partial charge in [-0.3, -0.25) is 4.79 Å². The Morgan fingerprint density at radius 1 is 1.24 bits per heavy atom. The summed E-state index contributed by atoms with van der Waals surface area (Å²) in [6, 6.07) is 7.57. The SMILES string of the molecule is COc1ccc(CCNC(=O)c2cc(Br)cs2)cc1OC. The molecule has 21 heavy (non-hydrogen) atoms. The van der Waals surface area contributed by atoms with Crippen LogP contribution in [-0.4, -0.2) is 26.7 Å². The summed E-state index contributed by atoms with van der Waals surface area (Å²) in [5, 5.41) is 4.80. The molecule has 6 heteroatoms. The van der Waals surface area contributed by atoms with Gasteiger partial charge in [-0.2, -0.15) is 0 Å². The van der Waals surface area contributed by atoms with Crippen LogP contribution in [0.2, 0.25) is 0 Å². The van der Waals surface area contributed by atoms with Crippen LogP contribution in [0.4, 0.5) is 0 Å². The first-order chi connectivity index (χ1) is 10.1. The highest BCUT2D eigenvalue weighted by atomic mass is 79.9. The van der Waals surface area contributed by atoms with Crippen LogP contribution >= 0.6 is 27.3 Å².